The van der Waals surface area contributed by atoms with Crippen LogP contribution in [0.2, 0.25) is 5.15 Å². The van der Waals surface area contributed by atoms with Crippen molar-refractivity contribution in [2.45, 2.75) is 19.8 Å². The predicted molar refractivity (Wildman–Crippen MR) is 64.3 cm³/mol. The van der Waals surface area contributed by atoms with Gasteiger partial charge in [-0.1, -0.05) is 24.9 Å². The predicted octanol–water partition coefficient (Wildman–Crippen LogP) is 3.14. The van der Waals surface area contributed by atoms with Gasteiger partial charge in [-0.25, -0.2) is 9.97 Å². The molecule has 0 atom stereocenters. The van der Waals surface area contributed by atoms with Gasteiger partial charge < -0.3 is 0 Å². The minimum Gasteiger partial charge on any atom is -0.265 e. The Labute approximate surface area is 99.5 Å². The molecule has 2 heterocycles. The number of hydrogen-bond donors (Lipinski definition) is 0. The lowest BCUT2D eigenvalue weighted by Gasteiger charge is -2.04. The first-order valence-electron chi connectivity index (χ1n) is 5.23. The maximum atomic E-state index is 5.98. The Bertz CT molecular complexity index is 471. The highest BCUT2D eigenvalue weighted by Gasteiger charge is 2.06. The van der Waals surface area contributed by atoms with Crippen LogP contribution in [0.1, 0.15) is 19.0 Å². The average Bonchev–Trinajstić information content (AvgIpc) is 2.33. The minimum absolute atomic E-state index is 0.500. The number of aromatic nitrogens is 3. The molecule has 82 valence electrons. The number of rotatable bonds is 3. The zero-order valence-corrected chi connectivity index (χ0v) is 9.78. The lowest BCUT2D eigenvalue weighted by Crippen LogP contribution is -1.96. The standard InChI is InChI=1S/C12H12ClN3/c1-2-3-10-12(13)15-8-11(16-10)9-4-6-14-7-5-9/h4-8H,2-3H2,1H3. The molecule has 0 fully saturated rings. The highest BCUT2D eigenvalue weighted by Crippen LogP contribution is 2.19. The number of pyridine rings is 1. The lowest BCUT2D eigenvalue weighted by atomic mass is 10.2. The van der Waals surface area contributed by atoms with E-state index in [9.17, 15) is 0 Å². The molecule has 2 aromatic heterocycles. The van der Waals surface area contributed by atoms with Crippen molar-refractivity contribution < 1.29 is 0 Å². The van der Waals surface area contributed by atoms with Crippen LogP contribution in [-0.2, 0) is 6.42 Å². The summed E-state index contributed by atoms with van der Waals surface area (Å²) >= 11 is 5.98. The molecule has 0 aliphatic carbocycles. The summed E-state index contributed by atoms with van der Waals surface area (Å²) in [6.07, 6.45) is 7.03. The summed E-state index contributed by atoms with van der Waals surface area (Å²) in [6, 6.07) is 3.82. The molecule has 0 amide bonds. The van der Waals surface area contributed by atoms with E-state index < -0.39 is 0 Å². The van der Waals surface area contributed by atoms with Gasteiger partial charge in [-0.15, -0.1) is 0 Å². The first-order valence-corrected chi connectivity index (χ1v) is 5.61. The van der Waals surface area contributed by atoms with Crippen molar-refractivity contribution in [3.8, 4) is 11.3 Å². The van der Waals surface area contributed by atoms with Crippen LogP contribution in [0.3, 0.4) is 0 Å². The van der Waals surface area contributed by atoms with E-state index in [-0.39, 0.29) is 0 Å². The van der Waals surface area contributed by atoms with Crippen molar-refractivity contribution in [2.24, 2.45) is 0 Å². The summed E-state index contributed by atoms with van der Waals surface area (Å²) in [5.41, 5.74) is 2.71. The molecule has 16 heavy (non-hydrogen) atoms. The molecule has 2 aromatic rings. The highest BCUT2D eigenvalue weighted by atomic mass is 35.5. The monoisotopic (exact) mass is 233 g/mol. The Balaban J connectivity index is 2.40. The van der Waals surface area contributed by atoms with E-state index in [0.29, 0.717) is 5.15 Å². The van der Waals surface area contributed by atoms with Gasteiger partial charge in [-0.3, -0.25) is 4.98 Å². The van der Waals surface area contributed by atoms with Gasteiger partial charge >= 0.3 is 0 Å². The fourth-order valence-electron chi connectivity index (χ4n) is 1.47. The fourth-order valence-corrected chi connectivity index (χ4v) is 1.66. The molecule has 0 aliphatic rings. The van der Waals surface area contributed by atoms with Crippen LogP contribution in [-0.4, -0.2) is 15.0 Å². The number of aryl methyl sites for hydroxylation is 1. The van der Waals surface area contributed by atoms with Gasteiger partial charge in [0.1, 0.15) is 0 Å². The summed E-state index contributed by atoms with van der Waals surface area (Å²) < 4.78 is 0. The molecule has 0 aliphatic heterocycles. The normalized spacial score (nSPS) is 10.4. The summed E-state index contributed by atoms with van der Waals surface area (Å²) in [4.78, 5) is 12.6. The van der Waals surface area contributed by atoms with Crippen LogP contribution in [0.5, 0.6) is 0 Å². The average molecular weight is 234 g/mol. The Kier molecular flexibility index (Phi) is 3.47. The van der Waals surface area contributed by atoms with E-state index in [1.807, 2.05) is 12.1 Å². The van der Waals surface area contributed by atoms with Crippen LogP contribution >= 0.6 is 11.6 Å². The molecule has 0 bridgehead atoms. The minimum atomic E-state index is 0.500. The molecule has 2 rings (SSSR count). The first-order chi connectivity index (χ1) is 7.81. The van der Waals surface area contributed by atoms with Crippen molar-refractivity contribution in [3.05, 3.63) is 41.6 Å². The molecule has 0 spiro atoms. The second-order valence-electron chi connectivity index (χ2n) is 3.48. The second-order valence-corrected chi connectivity index (χ2v) is 3.84. The number of nitrogens with zero attached hydrogens (tertiary/aromatic N) is 3. The van der Waals surface area contributed by atoms with E-state index >= 15 is 0 Å². The Hall–Kier alpha value is -1.48. The lowest BCUT2D eigenvalue weighted by molar-refractivity contribution is 0.873. The van der Waals surface area contributed by atoms with Crippen LogP contribution in [0.4, 0.5) is 0 Å². The van der Waals surface area contributed by atoms with Gasteiger partial charge in [0.25, 0.3) is 0 Å². The van der Waals surface area contributed by atoms with E-state index in [1.165, 1.54) is 0 Å². The van der Waals surface area contributed by atoms with Gasteiger partial charge in [0.15, 0.2) is 5.15 Å². The molecule has 4 heteroatoms. The fraction of sp³-hybridized carbons (Fsp3) is 0.250. The molecule has 0 unspecified atom stereocenters. The Morgan fingerprint density at radius 2 is 2.00 bits per heavy atom. The maximum Gasteiger partial charge on any atom is 0.150 e. The molecule has 3 nitrogen and oxygen atoms in total. The SMILES string of the molecule is CCCc1nc(-c2ccncc2)cnc1Cl. The zero-order valence-electron chi connectivity index (χ0n) is 9.02. The molecular formula is C12H12ClN3. The van der Waals surface area contributed by atoms with Crippen molar-refractivity contribution >= 4 is 11.6 Å². The molecule has 0 N–H and O–H groups in total. The van der Waals surface area contributed by atoms with E-state index in [4.69, 9.17) is 11.6 Å². The third kappa shape index (κ3) is 2.36. The largest absolute Gasteiger partial charge is 0.265 e. The van der Waals surface area contributed by atoms with Gasteiger partial charge in [0, 0.05) is 18.0 Å². The Morgan fingerprint density at radius 3 is 2.69 bits per heavy atom. The third-order valence-corrected chi connectivity index (χ3v) is 2.57. The van der Waals surface area contributed by atoms with Crippen LogP contribution in [0.25, 0.3) is 11.3 Å². The van der Waals surface area contributed by atoms with Gasteiger partial charge in [-0.2, -0.15) is 0 Å². The summed E-state index contributed by atoms with van der Waals surface area (Å²) in [7, 11) is 0. The molecule has 0 radical (unpaired) electrons. The van der Waals surface area contributed by atoms with E-state index in [2.05, 4.69) is 21.9 Å². The maximum absolute atomic E-state index is 5.98. The van der Waals surface area contributed by atoms with Crippen molar-refractivity contribution in [1.29, 1.82) is 0 Å². The zero-order chi connectivity index (χ0) is 11.4. The van der Waals surface area contributed by atoms with Crippen LogP contribution in [0, 0.1) is 0 Å². The Morgan fingerprint density at radius 1 is 1.25 bits per heavy atom. The summed E-state index contributed by atoms with van der Waals surface area (Å²) in [5.74, 6) is 0. The van der Waals surface area contributed by atoms with E-state index in [1.54, 1.807) is 18.6 Å². The number of hydrogen-bond acceptors (Lipinski definition) is 3. The summed E-state index contributed by atoms with van der Waals surface area (Å²) in [6.45, 7) is 2.09. The van der Waals surface area contributed by atoms with Crippen molar-refractivity contribution in [1.82, 2.24) is 15.0 Å². The molecule has 0 saturated carbocycles. The third-order valence-electron chi connectivity index (χ3n) is 2.26. The summed E-state index contributed by atoms with van der Waals surface area (Å²) in [5, 5.41) is 0.500. The molecule has 0 aromatic carbocycles. The van der Waals surface area contributed by atoms with Gasteiger partial charge in [0.05, 0.1) is 17.6 Å². The van der Waals surface area contributed by atoms with Crippen LogP contribution < -0.4 is 0 Å². The van der Waals surface area contributed by atoms with Gasteiger partial charge in [-0.05, 0) is 18.6 Å². The topological polar surface area (TPSA) is 38.7 Å². The second kappa shape index (κ2) is 5.03. The number of halogens is 1. The van der Waals surface area contributed by atoms with E-state index in [0.717, 1.165) is 29.8 Å². The molecular weight excluding hydrogens is 222 g/mol. The van der Waals surface area contributed by atoms with Crippen molar-refractivity contribution in [2.75, 3.05) is 0 Å². The quantitative estimate of drug-likeness (QED) is 0.818. The highest BCUT2D eigenvalue weighted by molar-refractivity contribution is 6.30. The first kappa shape index (κ1) is 11.0. The smallest absolute Gasteiger partial charge is 0.150 e. The van der Waals surface area contributed by atoms with Crippen LogP contribution in [0.15, 0.2) is 30.7 Å². The van der Waals surface area contributed by atoms with Crippen molar-refractivity contribution in [3.63, 3.8) is 0 Å². The van der Waals surface area contributed by atoms with Gasteiger partial charge in [0.2, 0.25) is 0 Å². The molecule has 0 saturated heterocycles.